The molecule has 3 aromatic rings. The van der Waals surface area contributed by atoms with Gasteiger partial charge in [-0.3, -0.25) is 0 Å². The Hall–Kier alpha value is -4.59. The second-order valence-corrected chi connectivity index (χ2v) is 10.4. The first-order chi connectivity index (χ1) is 21.3. The highest BCUT2D eigenvalue weighted by molar-refractivity contribution is 5.93. The average Bonchev–Trinajstić information content (AvgIpc) is 3.04. The van der Waals surface area contributed by atoms with E-state index in [1.165, 1.54) is 7.11 Å². The van der Waals surface area contributed by atoms with Gasteiger partial charge < -0.3 is 23.7 Å². The van der Waals surface area contributed by atoms with E-state index >= 15 is 0 Å². The smallest absolute Gasteiger partial charge is 0.343 e. The highest BCUT2D eigenvalue weighted by Crippen LogP contribution is 2.29. The van der Waals surface area contributed by atoms with Gasteiger partial charge in [-0.15, -0.1) is 0 Å². The summed E-state index contributed by atoms with van der Waals surface area (Å²) in [5, 5.41) is 0. The lowest BCUT2D eigenvalue weighted by Crippen LogP contribution is -2.10. The van der Waals surface area contributed by atoms with Crippen LogP contribution in [0.25, 0.3) is 0 Å². The molecule has 0 bridgehead atoms. The van der Waals surface area contributed by atoms with E-state index in [9.17, 15) is 14.4 Å². The summed E-state index contributed by atoms with van der Waals surface area (Å²) in [6, 6.07) is 18.5. The van der Waals surface area contributed by atoms with E-state index < -0.39 is 11.9 Å². The minimum atomic E-state index is -0.560. The summed E-state index contributed by atoms with van der Waals surface area (Å²) in [7, 11) is 1.52. The predicted octanol–water partition coefficient (Wildman–Crippen LogP) is 7.92. The Bertz CT molecular complexity index is 1380. The average molecular weight is 603 g/mol. The number of methoxy groups -OCH3 is 1. The van der Waals surface area contributed by atoms with E-state index in [1.807, 2.05) is 12.1 Å². The Morgan fingerprint density at radius 3 is 1.75 bits per heavy atom. The summed E-state index contributed by atoms with van der Waals surface area (Å²) in [5.41, 5.74) is 2.23. The van der Waals surface area contributed by atoms with E-state index in [0.29, 0.717) is 52.9 Å². The van der Waals surface area contributed by atoms with Gasteiger partial charge in [0, 0.05) is 5.57 Å². The number of carbonyl (C=O) groups excluding carboxylic acids is 3. The zero-order chi connectivity index (χ0) is 31.7. The van der Waals surface area contributed by atoms with Gasteiger partial charge in [0.25, 0.3) is 0 Å². The summed E-state index contributed by atoms with van der Waals surface area (Å²) in [6.45, 7) is 8.25. The standard InChI is InChI=1S/C36H42O8/c1-5-27-13-18-30(19-14-27)43-35(38)28-15-20-31(21-16-28)44-36(39)29-17-22-32(33(25-29)40-4)41-23-11-9-7-6-8-10-12-24-42-34(37)26(2)3/h13-22,25H,2,5-12,23-24H2,1,3-4H3. The maximum Gasteiger partial charge on any atom is 0.343 e. The molecule has 0 saturated carbocycles. The van der Waals surface area contributed by atoms with Crippen LogP contribution in [-0.2, 0) is 16.0 Å². The third kappa shape index (κ3) is 11.2. The number of aryl methyl sites for hydroxylation is 1. The lowest BCUT2D eigenvalue weighted by Gasteiger charge is -2.12. The summed E-state index contributed by atoms with van der Waals surface area (Å²) < 4.78 is 27.3. The second-order valence-electron chi connectivity index (χ2n) is 10.4. The molecule has 0 unspecified atom stereocenters. The van der Waals surface area contributed by atoms with Crippen molar-refractivity contribution in [3.63, 3.8) is 0 Å². The van der Waals surface area contributed by atoms with Crippen molar-refractivity contribution in [1.82, 2.24) is 0 Å². The van der Waals surface area contributed by atoms with E-state index in [-0.39, 0.29) is 5.97 Å². The predicted molar refractivity (Wildman–Crippen MR) is 169 cm³/mol. The number of carbonyl (C=O) groups is 3. The van der Waals surface area contributed by atoms with E-state index in [2.05, 4.69) is 13.5 Å². The fourth-order valence-electron chi connectivity index (χ4n) is 4.26. The molecule has 0 aromatic heterocycles. The van der Waals surface area contributed by atoms with Crippen molar-refractivity contribution < 1.29 is 38.1 Å². The first-order valence-corrected chi connectivity index (χ1v) is 15.1. The van der Waals surface area contributed by atoms with Crippen LogP contribution in [0.1, 0.15) is 85.1 Å². The van der Waals surface area contributed by atoms with E-state index in [4.69, 9.17) is 23.7 Å². The van der Waals surface area contributed by atoms with Crippen LogP contribution >= 0.6 is 0 Å². The third-order valence-electron chi connectivity index (χ3n) is 6.87. The zero-order valence-electron chi connectivity index (χ0n) is 25.9. The molecule has 0 N–H and O–H groups in total. The molecule has 8 nitrogen and oxygen atoms in total. The van der Waals surface area contributed by atoms with Crippen LogP contribution in [0.15, 0.2) is 78.9 Å². The van der Waals surface area contributed by atoms with Crippen molar-refractivity contribution >= 4 is 17.9 Å². The Kier molecular flexibility index (Phi) is 14.0. The van der Waals surface area contributed by atoms with Crippen molar-refractivity contribution in [3.05, 3.63) is 95.6 Å². The molecular weight excluding hydrogens is 560 g/mol. The number of hydrogen-bond donors (Lipinski definition) is 0. The molecule has 0 heterocycles. The van der Waals surface area contributed by atoms with Gasteiger partial charge >= 0.3 is 17.9 Å². The van der Waals surface area contributed by atoms with Crippen molar-refractivity contribution in [3.8, 4) is 23.0 Å². The number of hydrogen-bond acceptors (Lipinski definition) is 8. The number of ether oxygens (including phenoxy) is 5. The number of esters is 3. The zero-order valence-corrected chi connectivity index (χ0v) is 25.9. The van der Waals surface area contributed by atoms with Gasteiger partial charge in [0.2, 0.25) is 0 Å². The summed E-state index contributed by atoms with van der Waals surface area (Å²) >= 11 is 0. The topological polar surface area (TPSA) is 97.4 Å². The van der Waals surface area contributed by atoms with Gasteiger partial charge in [0.1, 0.15) is 11.5 Å². The van der Waals surface area contributed by atoms with Gasteiger partial charge in [-0.2, -0.15) is 0 Å². The van der Waals surface area contributed by atoms with Gasteiger partial charge in [-0.05, 0) is 86.3 Å². The van der Waals surface area contributed by atoms with Crippen molar-refractivity contribution in [1.29, 1.82) is 0 Å². The number of rotatable bonds is 18. The van der Waals surface area contributed by atoms with Crippen molar-refractivity contribution in [2.75, 3.05) is 20.3 Å². The molecule has 0 aliphatic rings. The molecule has 0 aliphatic heterocycles. The fraction of sp³-hybridized carbons (Fsp3) is 0.361. The molecular formula is C36H42O8. The molecule has 0 fully saturated rings. The summed E-state index contributed by atoms with van der Waals surface area (Å²) in [4.78, 5) is 36.6. The Balaban J connectivity index is 1.37. The molecule has 0 aliphatic carbocycles. The molecule has 8 heteroatoms. The lowest BCUT2D eigenvalue weighted by atomic mass is 10.1. The Morgan fingerprint density at radius 1 is 0.659 bits per heavy atom. The molecule has 44 heavy (non-hydrogen) atoms. The molecule has 3 aromatic carbocycles. The number of unbranched alkanes of at least 4 members (excludes halogenated alkanes) is 6. The molecule has 0 amide bonds. The number of benzene rings is 3. The summed E-state index contributed by atoms with van der Waals surface area (Å²) in [6.07, 6.45) is 8.06. The van der Waals surface area contributed by atoms with Gasteiger partial charge in [-0.1, -0.05) is 57.7 Å². The minimum absolute atomic E-state index is 0.296. The van der Waals surface area contributed by atoms with Crippen LogP contribution in [0.3, 0.4) is 0 Å². The Labute approximate surface area is 259 Å². The lowest BCUT2D eigenvalue weighted by molar-refractivity contribution is -0.139. The van der Waals surface area contributed by atoms with Crippen LogP contribution < -0.4 is 18.9 Å². The van der Waals surface area contributed by atoms with Gasteiger partial charge in [0.15, 0.2) is 11.5 Å². The highest BCUT2D eigenvalue weighted by atomic mass is 16.5. The van der Waals surface area contributed by atoms with Crippen molar-refractivity contribution in [2.24, 2.45) is 0 Å². The maximum atomic E-state index is 12.8. The highest BCUT2D eigenvalue weighted by Gasteiger charge is 2.15. The molecule has 0 saturated heterocycles. The largest absolute Gasteiger partial charge is 0.493 e. The Morgan fingerprint density at radius 2 is 1.18 bits per heavy atom. The molecule has 0 atom stereocenters. The normalized spacial score (nSPS) is 10.5. The van der Waals surface area contributed by atoms with E-state index in [1.54, 1.807) is 61.5 Å². The molecule has 234 valence electrons. The molecule has 3 rings (SSSR count). The van der Waals surface area contributed by atoms with Gasteiger partial charge in [0.05, 0.1) is 31.5 Å². The molecule has 0 radical (unpaired) electrons. The molecule has 0 spiro atoms. The van der Waals surface area contributed by atoms with Crippen LogP contribution in [-0.4, -0.2) is 38.2 Å². The third-order valence-corrected chi connectivity index (χ3v) is 6.87. The monoisotopic (exact) mass is 602 g/mol. The van der Waals surface area contributed by atoms with Crippen LogP contribution in [0.5, 0.6) is 23.0 Å². The van der Waals surface area contributed by atoms with Crippen molar-refractivity contribution in [2.45, 2.75) is 65.2 Å². The first kappa shape index (κ1) is 33.9. The van der Waals surface area contributed by atoms with Crippen LogP contribution in [0.4, 0.5) is 0 Å². The SMILES string of the molecule is C=C(C)C(=O)OCCCCCCCCCOc1ccc(C(=O)Oc2ccc(C(=O)Oc3ccc(CC)cc3)cc2)cc1OC. The van der Waals surface area contributed by atoms with E-state index in [0.717, 1.165) is 56.9 Å². The quantitative estimate of drug-likeness (QED) is 0.0627. The maximum absolute atomic E-state index is 12.8. The van der Waals surface area contributed by atoms with Crippen LogP contribution in [0.2, 0.25) is 0 Å². The minimum Gasteiger partial charge on any atom is -0.493 e. The van der Waals surface area contributed by atoms with Gasteiger partial charge in [-0.25, -0.2) is 14.4 Å². The first-order valence-electron chi connectivity index (χ1n) is 15.1. The summed E-state index contributed by atoms with van der Waals surface area (Å²) in [5.74, 6) is 0.377. The van der Waals surface area contributed by atoms with Crippen LogP contribution in [0, 0.1) is 0 Å². The second kappa shape index (κ2) is 18.2. The fourth-order valence-corrected chi connectivity index (χ4v) is 4.26.